The quantitative estimate of drug-likeness (QED) is 0.486. The highest BCUT2D eigenvalue weighted by atomic mass is 32.2. The maximum absolute atomic E-state index is 11.3. The SMILES string of the molecule is N=C(N)SCC(=O)NC1CCCCC1. The largest absolute Gasteiger partial charge is 0.379 e. The summed E-state index contributed by atoms with van der Waals surface area (Å²) >= 11 is 1.08. The van der Waals surface area contributed by atoms with Crippen LogP contribution in [0.3, 0.4) is 0 Å². The third-order valence-corrected chi connectivity index (χ3v) is 3.05. The van der Waals surface area contributed by atoms with E-state index in [9.17, 15) is 4.79 Å². The lowest BCUT2D eigenvalue weighted by Crippen LogP contribution is -2.37. The Morgan fingerprint density at radius 1 is 1.43 bits per heavy atom. The van der Waals surface area contributed by atoms with E-state index in [4.69, 9.17) is 11.1 Å². The lowest BCUT2D eigenvalue weighted by molar-refractivity contribution is -0.119. The summed E-state index contributed by atoms with van der Waals surface area (Å²) in [6.07, 6.45) is 5.90. The van der Waals surface area contributed by atoms with Gasteiger partial charge in [-0.1, -0.05) is 31.0 Å². The van der Waals surface area contributed by atoms with Gasteiger partial charge in [0, 0.05) is 6.04 Å². The van der Waals surface area contributed by atoms with Gasteiger partial charge in [0.05, 0.1) is 5.75 Å². The third-order valence-electron chi connectivity index (χ3n) is 2.33. The summed E-state index contributed by atoms with van der Waals surface area (Å²) in [4.78, 5) is 11.3. The zero-order chi connectivity index (χ0) is 10.4. The van der Waals surface area contributed by atoms with Gasteiger partial charge in [0.15, 0.2) is 5.17 Å². The lowest BCUT2D eigenvalue weighted by atomic mass is 9.95. The molecule has 1 saturated carbocycles. The van der Waals surface area contributed by atoms with Crippen molar-refractivity contribution in [3.05, 3.63) is 0 Å². The minimum atomic E-state index is -0.00269. The van der Waals surface area contributed by atoms with Crippen molar-refractivity contribution >= 4 is 22.8 Å². The molecule has 0 aromatic heterocycles. The van der Waals surface area contributed by atoms with E-state index in [1.165, 1.54) is 19.3 Å². The molecule has 0 bridgehead atoms. The summed E-state index contributed by atoms with van der Waals surface area (Å²) in [6.45, 7) is 0. The van der Waals surface area contributed by atoms with Crippen molar-refractivity contribution in [2.45, 2.75) is 38.1 Å². The molecule has 80 valence electrons. The van der Waals surface area contributed by atoms with Gasteiger partial charge in [-0.2, -0.15) is 0 Å². The van der Waals surface area contributed by atoms with Gasteiger partial charge >= 0.3 is 0 Å². The second-order valence-corrected chi connectivity index (χ2v) is 4.57. The first-order valence-corrected chi connectivity index (χ1v) is 5.93. The maximum Gasteiger partial charge on any atom is 0.230 e. The molecule has 1 amide bonds. The molecule has 0 unspecified atom stereocenters. The van der Waals surface area contributed by atoms with E-state index >= 15 is 0 Å². The zero-order valence-corrected chi connectivity index (χ0v) is 9.03. The van der Waals surface area contributed by atoms with E-state index in [0.717, 1.165) is 24.6 Å². The molecule has 0 heterocycles. The monoisotopic (exact) mass is 215 g/mol. The van der Waals surface area contributed by atoms with Crippen LogP contribution in [-0.2, 0) is 4.79 Å². The molecular weight excluding hydrogens is 198 g/mol. The summed E-state index contributed by atoms with van der Waals surface area (Å²) in [7, 11) is 0. The van der Waals surface area contributed by atoms with E-state index in [0.29, 0.717) is 6.04 Å². The van der Waals surface area contributed by atoms with Gasteiger partial charge in [0.2, 0.25) is 5.91 Å². The number of hydrogen-bond donors (Lipinski definition) is 3. The highest BCUT2D eigenvalue weighted by Gasteiger charge is 2.15. The van der Waals surface area contributed by atoms with Crippen LogP contribution in [0.15, 0.2) is 0 Å². The average Bonchev–Trinajstić information content (AvgIpc) is 2.16. The van der Waals surface area contributed by atoms with Crippen LogP contribution in [0.5, 0.6) is 0 Å². The number of carbonyl (C=O) groups is 1. The topological polar surface area (TPSA) is 79.0 Å². The molecular formula is C9H17N3OS. The Kier molecular flexibility index (Phi) is 4.79. The summed E-state index contributed by atoms with van der Waals surface area (Å²) < 4.78 is 0. The van der Waals surface area contributed by atoms with Crippen LogP contribution >= 0.6 is 11.8 Å². The molecule has 1 aliphatic carbocycles. The maximum atomic E-state index is 11.3. The molecule has 0 aromatic carbocycles. The normalized spacial score (nSPS) is 17.7. The molecule has 14 heavy (non-hydrogen) atoms. The predicted octanol–water partition coefficient (Wildman–Crippen LogP) is 1.06. The Balaban J connectivity index is 2.15. The fourth-order valence-corrected chi connectivity index (χ4v) is 2.03. The van der Waals surface area contributed by atoms with Gasteiger partial charge in [-0.25, -0.2) is 0 Å². The number of carbonyl (C=O) groups excluding carboxylic acids is 1. The molecule has 0 radical (unpaired) electrons. The van der Waals surface area contributed by atoms with E-state index in [-0.39, 0.29) is 16.8 Å². The van der Waals surface area contributed by atoms with Crippen molar-refractivity contribution in [3.8, 4) is 0 Å². The average molecular weight is 215 g/mol. The Hall–Kier alpha value is -0.710. The van der Waals surface area contributed by atoms with Gasteiger partial charge in [-0.15, -0.1) is 0 Å². The van der Waals surface area contributed by atoms with Crippen LogP contribution < -0.4 is 11.1 Å². The first-order valence-electron chi connectivity index (χ1n) is 4.94. The van der Waals surface area contributed by atoms with Gasteiger partial charge in [0.25, 0.3) is 0 Å². The summed E-state index contributed by atoms with van der Waals surface area (Å²) in [5.41, 5.74) is 5.14. The fraction of sp³-hybridized carbons (Fsp3) is 0.778. The van der Waals surface area contributed by atoms with Crippen molar-refractivity contribution in [2.24, 2.45) is 5.73 Å². The van der Waals surface area contributed by atoms with Gasteiger partial charge < -0.3 is 11.1 Å². The molecule has 1 fully saturated rings. The lowest BCUT2D eigenvalue weighted by Gasteiger charge is -2.22. The summed E-state index contributed by atoms with van der Waals surface area (Å²) in [6, 6.07) is 0.351. The molecule has 0 aliphatic heterocycles. The predicted molar refractivity (Wildman–Crippen MR) is 59.4 cm³/mol. The number of nitrogens with two attached hydrogens (primary N) is 1. The molecule has 5 heteroatoms. The van der Waals surface area contributed by atoms with Crippen molar-refractivity contribution in [2.75, 3.05) is 5.75 Å². The Bertz CT molecular complexity index is 214. The van der Waals surface area contributed by atoms with Crippen LogP contribution in [0, 0.1) is 5.41 Å². The highest BCUT2D eigenvalue weighted by molar-refractivity contribution is 8.14. The minimum absolute atomic E-state index is 0.00269. The van der Waals surface area contributed by atoms with Crippen LogP contribution in [0.1, 0.15) is 32.1 Å². The zero-order valence-electron chi connectivity index (χ0n) is 8.21. The van der Waals surface area contributed by atoms with Crippen molar-refractivity contribution in [3.63, 3.8) is 0 Å². The van der Waals surface area contributed by atoms with Gasteiger partial charge in [0.1, 0.15) is 0 Å². The minimum Gasteiger partial charge on any atom is -0.379 e. The molecule has 0 atom stereocenters. The fourth-order valence-electron chi connectivity index (χ4n) is 1.66. The van der Waals surface area contributed by atoms with E-state index in [1.807, 2.05) is 0 Å². The van der Waals surface area contributed by atoms with E-state index in [2.05, 4.69) is 5.32 Å². The number of amides is 1. The summed E-state index contributed by atoms with van der Waals surface area (Å²) in [5, 5.41) is 9.93. The van der Waals surface area contributed by atoms with Crippen molar-refractivity contribution in [1.82, 2.24) is 5.32 Å². The second-order valence-electron chi connectivity index (χ2n) is 3.56. The van der Waals surface area contributed by atoms with E-state index in [1.54, 1.807) is 0 Å². The highest BCUT2D eigenvalue weighted by Crippen LogP contribution is 2.17. The van der Waals surface area contributed by atoms with Crippen LogP contribution in [0.4, 0.5) is 0 Å². The van der Waals surface area contributed by atoms with E-state index < -0.39 is 0 Å². The number of rotatable bonds is 3. The first kappa shape index (κ1) is 11.4. The number of hydrogen-bond acceptors (Lipinski definition) is 3. The molecule has 1 aliphatic rings. The Labute approximate surface area is 88.5 Å². The molecule has 4 nitrogen and oxygen atoms in total. The molecule has 4 N–H and O–H groups in total. The van der Waals surface area contributed by atoms with Crippen LogP contribution in [0.25, 0.3) is 0 Å². The van der Waals surface area contributed by atoms with Gasteiger partial charge in [-0.3, -0.25) is 10.2 Å². The summed E-state index contributed by atoms with van der Waals surface area (Å²) in [5.74, 6) is 0.267. The molecule has 0 aromatic rings. The standard InChI is InChI=1S/C9H17N3OS/c10-9(11)14-6-8(13)12-7-4-2-1-3-5-7/h7H,1-6H2,(H3,10,11)(H,12,13). The van der Waals surface area contributed by atoms with Crippen molar-refractivity contribution in [1.29, 1.82) is 5.41 Å². The Morgan fingerprint density at radius 2 is 2.07 bits per heavy atom. The van der Waals surface area contributed by atoms with Crippen LogP contribution in [0.2, 0.25) is 0 Å². The smallest absolute Gasteiger partial charge is 0.230 e. The number of nitrogens with one attached hydrogen (secondary N) is 2. The number of amidine groups is 1. The van der Waals surface area contributed by atoms with Crippen molar-refractivity contribution < 1.29 is 4.79 Å². The molecule has 1 rings (SSSR count). The third kappa shape index (κ3) is 4.50. The van der Waals surface area contributed by atoms with Crippen LogP contribution in [-0.4, -0.2) is 22.9 Å². The molecule has 0 spiro atoms. The van der Waals surface area contributed by atoms with Gasteiger partial charge in [-0.05, 0) is 12.8 Å². The number of thioether (sulfide) groups is 1. The molecule has 0 saturated heterocycles. The first-order chi connectivity index (χ1) is 6.68. The Morgan fingerprint density at radius 3 is 2.64 bits per heavy atom. The second kappa shape index (κ2) is 5.90.